The number of nitrogens with zero attached hydrogens (tertiary/aromatic N) is 2. The summed E-state index contributed by atoms with van der Waals surface area (Å²) in [5, 5.41) is 0.980. The van der Waals surface area contributed by atoms with Gasteiger partial charge in [0, 0.05) is 5.22 Å². The number of rotatable bonds is 0. The maximum absolute atomic E-state index is 5.79. The average Bonchev–Trinajstić information content (AvgIpc) is 2.72. The molecule has 0 N–H and O–H groups in total. The van der Waals surface area contributed by atoms with Crippen LogP contribution in [0.1, 0.15) is 0 Å². The Balaban J connectivity index is 2.23. The van der Waals surface area contributed by atoms with Crippen LogP contribution in [0.25, 0.3) is 34.4 Å². The molecule has 1 aliphatic rings. The number of furan rings is 1. The molecule has 0 saturated heterocycles. The molecule has 0 saturated carbocycles. The van der Waals surface area contributed by atoms with Crippen LogP contribution in [0.4, 0.5) is 0 Å². The average molecular weight is 246 g/mol. The Morgan fingerprint density at radius 1 is 0.789 bits per heavy atom. The van der Waals surface area contributed by atoms with Crippen molar-refractivity contribution in [3.8, 4) is 0 Å². The normalized spacial score (nSPS) is 20.6. The summed E-state index contributed by atoms with van der Waals surface area (Å²) < 4.78 is 5.79. The molecule has 0 amide bonds. The van der Waals surface area contributed by atoms with E-state index in [1.807, 2.05) is 60.7 Å². The van der Waals surface area contributed by atoms with Gasteiger partial charge in [0.2, 0.25) is 5.71 Å². The number of hydrogen-bond donors (Lipinski definition) is 0. The van der Waals surface area contributed by atoms with Crippen LogP contribution in [0.3, 0.4) is 0 Å². The lowest BCUT2D eigenvalue weighted by atomic mass is 10.2. The van der Waals surface area contributed by atoms with E-state index >= 15 is 0 Å². The SMILES string of the molecule is C1=C\C=c2/c(oc3nc4ccccc4nc23)=C\C=C/1. The van der Waals surface area contributed by atoms with E-state index < -0.39 is 0 Å². The number of hydrogen-bond acceptors (Lipinski definition) is 3. The van der Waals surface area contributed by atoms with Crippen LogP contribution in [0.15, 0.2) is 53.0 Å². The van der Waals surface area contributed by atoms with E-state index in [0.717, 1.165) is 27.2 Å². The molecule has 0 bridgehead atoms. The lowest BCUT2D eigenvalue weighted by Crippen LogP contribution is -2.20. The third kappa shape index (κ3) is 1.59. The third-order valence-electron chi connectivity index (χ3n) is 3.11. The van der Waals surface area contributed by atoms with Gasteiger partial charge in [0.05, 0.1) is 11.0 Å². The maximum Gasteiger partial charge on any atom is 0.246 e. The van der Waals surface area contributed by atoms with Crippen molar-refractivity contribution in [1.29, 1.82) is 0 Å². The van der Waals surface area contributed by atoms with Gasteiger partial charge in [-0.3, -0.25) is 0 Å². The van der Waals surface area contributed by atoms with E-state index in [1.165, 1.54) is 0 Å². The zero-order valence-electron chi connectivity index (χ0n) is 10.1. The minimum atomic E-state index is 0.583. The maximum atomic E-state index is 5.79. The van der Waals surface area contributed by atoms with Crippen LogP contribution in [0.5, 0.6) is 0 Å². The van der Waals surface area contributed by atoms with Crippen LogP contribution in [-0.4, -0.2) is 9.97 Å². The first-order chi connectivity index (χ1) is 9.42. The topological polar surface area (TPSA) is 38.9 Å². The van der Waals surface area contributed by atoms with Crippen molar-refractivity contribution in [1.82, 2.24) is 9.97 Å². The molecular formula is C16H10N2O. The standard InChI is InChI=1S/C16H10N2O/c1-2-4-10-14-11(7-3-1)15-16(19-14)18-13-9-6-5-8-12(13)17-15/h1-10H/b2-1?,3-1-,4-2-,7-3?,10-4?,11-7+,14-10+. The molecule has 0 fully saturated rings. The highest BCUT2D eigenvalue weighted by Crippen LogP contribution is 2.12. The van der Waals surface area contributed by atoms with E-state index in [2.05, 4.69) is 9.97 Å². The van der Waals surface area contributed by atoms with E-state index in [9.17, 15) is 0 Å². The highest BCUT2D eigenvalue weighted by Gasteiger charge is 2.07. The molecule has 1 aromatic carbocycles. The van der Waals surface area contributed by atoms with Gasteiger partial charge in [-0.15, -0.1) is 0 Å². The Hall–Kier alpha value is -2.68. The summed E-state index contributed by atoms with van der Waals surface area (Å²) in [6.45, 7) is 0. The molecule has 3 aromatic rings. The summed E-state index contributed by atoms with van der Waals surface area (Å²) >= 11 is 0. The Kier molecular flexibility index (Phi) is 2.12. The van der Waals surface area contributed by atoms with Gasteiger partial charge < -0.3 is 4.42 Å². The highest BCUT2D eigenvalue weighted by molar-refractivity contribution is 5.84. The summed E-state index contributed by atoms with van der Waals surface area (Å²) in [5.41, 5.74) is 3.92. The third-order valence-corrected chi connectivity index (χ3v) is 3.11. The second kappa shape index (κ2) is 3.92. The molecule has 90 valence electrons. The van der Waals surface area contributed by atoms with E-state index in [1.54, 1.807) is 0 Å². The van der Waals surface area contributed by atoms with Crippen molar-refractivity contribution < 1.29 is 4.42 Å². The molecule has 19 heavy (non-hydrogen) atoms. The largest absolute Gasteiger partial charge is 0.436 e. The summed E-state index contributed by atoms with van der Waals surface area (Å²) in [7, 11) is 0. The molecule has 3 nitrogen and oxygen atoms in total. The molecule has 4 rings (SSSR count). The van der Waals surface area contributed by atoms with Crippen LogP contribution in [-0.2, 0) is 0 Å². The quantitative estimate of drug-likeness (QED) is 0.609. The lowest BCUT2D eigenvalue weighted by molar-refractivity contribution is 0.565. The molecule has 2 aromatic heterocycles. The second-order valence-electron chi connectivity index (χ2n) is 4.35. The molecule has 0 radical (unpaired) electrons. The minimum Gasteiger partial charge on any atom is -0.436 e. The molecule has 0 atom stereocenters. The van der Waals surface area contributed by atoms with Gasteiger partial charge in [0.15, 0.2) is 0 Å². The van der Waals surface area contributed by atoms with Gasteiger partial charge in [-0.25, -0.2) is 9.97 Å². The summed E-state index contributed by atoms with van der Waals surface area (Å²) in [6.07, 6.45) is 11.8. The first kappa shape index (κ1) is 10.3. The predicted octanol–water partition coefficient (Wildman–Crippen LogP) is 2.06. The summed E-state index contributed by atoms with van der Waals surface area (Å²) in [4.78, 5) is 9.18. The van der Waals surface area contributed by atoms with Crippen LogP contribution in [0.2, 0.25) is 0 Å². The van der Waals surface area contributed by atoms with Crippen molar-refractivity contribution in [2.45, 2.75) is 0 Å². The summed E-state index contributed by atoms with van der Waals surface area (Å²) in [6, 6.07) is 7.81. The van der Waals surface area contributed by atoms with Crippen LogP contribution < -0.4 is 10.6 Å². The molecule has 3 heteroatoms. The smallest absolute Gasteiger partial charge is 0.246 e. The van der Waals surface area contributed by atoms with Crippen molar-refractivity contribution in [3.63, 3.8) is 0 Å². The van der Waals surface area contributed by atoms with E-state index in [4.69, 9.17) is 4.42 Å². The number of aromatic nitrogens is 2. The fraction of sp³-hybridized carbons (Fsp3) is 0. The Labute approximate surface area is 108 Å². The van der Waals surface area contributed by atoms with Crippen molar-refractivity contribution in [2.75, 3.05) is 0 Å². The van der Waals surface area contributed by atoms with Crippen LogP contribution in [0, 0.1) is 0 Å². The molecule has 2 heterocycles. The Morgan fingerprint density at radius 2 is 1.53 bits per heavy atom. The van der Waals surface area contributed by atoms with Crippen LogP contribution >= 0.6 is 0 Å². The molecule has 1 aliphatic carbocycles. The number of benzene rings is 1. The monoisotopic (exact) mass is 246 g/mol. The van der Waals surface area contributed by atoms with Gasteiger partial charge in [-0.1, -0.05) is 36.4 Å². The molecule has 0 unspecified atom stereocenters. The molecule has 0 spiro atoms. The second-order valence-corrected chi connectivity index (χ2v) is 4.35. The van der Waals surface area contributed by atoms with Crippen molar-refractivity contribution in [3.05, 3.63) is 59.2 Å². The number of para-hydroxylation sites is 2. The molecule has 0 aliphatic heterocycles. The first-order valence-corrected chi connectivity index (χ1v) is 6.12. The first-order valence-electron chi connectivity index (χ1n) is 6.12. The van der Waals surface area contributed by atoms with Crippen molar-refractivity contribution >= 4 is 34.4 Å². The van der Waals surface area contributed by atoms with E-state index in [0.29, 0.717) is 5.71 Å². The van der Waals surface area contributed by atoms with E-state index in [-0.39, 0.29) is 0 Å². The van der Waals surface area contributed by atoms with Gasteiger partial charge in [-0.05, 0) is 24.3 Å². The number of allylic oxidation sites excluding steroid dienone is 4. The predicted molar refractivity (Wildman–Crippen MR) is 75.8 cm³/mol. The van der Waals surface area contributed by atoms with Gasteiger partial charge in [0.1, 0.15) is 10.9 Å². The van der Waals surface area contributed by atoms with Gasteiger partial charge in [0.25, 0.3) is 0 Å². The fourth-order valence-corrected chi connectivity index (χ4v) is 2.21. The Morgan fingerprint density at radius 3 is 2.37 bits per heavy atom. The Bertz CT molecular complexity index is 961. The fourth-order valence-electron chi connectivity index (χ4n) is 2.21. The number of fused-ring (bicyclic) bond motifs is 4. The zero-order chi connectivity index (χ0) is 12.7. The lowest BCUT2D eigenvalue weighted by Gasteiger charge is -1.94. The highest BCUT2D eigenvalue weighted by atomic mass is 16.3. The zero-order valence-corrected chi connectivity index (χ0v) is 10.1. The van der Waals surface area contributed by atoms with Crippen molar-refractivity contribution in [2.24, 2.45) is 0 Å². The van der Waals surface area contributed by atoms with Gasteiger partial charge >= 0.3 is 0 Å². The minimum absolute atomic E-state index is 0.583. The van der Waals surface area contributed by atoms with Gasteiger partial charge in [-0.2, -0.15) is 0 Å². The molecular weight excluding hydrogens is 236 g/mol. The summed E-state index contributed by atoms with van der Waals surface area (Å²) in [5.74, 6) is 0.